The third-order valence-electron chi connectivity index (χ3n) is 10.3. The second kappa shape index (κ2) is 13.9. The lowest BCUT2D eigenvalue weighted by molar-refractivity contribution is -0.136. The molecule has 3 N–H and O–H groups in total. The molecule has 0 aromatic heterocycles. The fourth-order valence-electron chi connectivity index (χ4n) is 7.49. The Morgan fingerprint density at radius 2 is 1.53 bits per heavy atom. The van der Waals surface area contributed by atoms with E-state index in [1.807, 2.05) is 72.8 Å². The normalized spacial score (nSPS) is 16.9. The zero-order chi connectivity index (χ0) is 33.9. The van der Waals surface area contributed by atoms with Crippen LogP contribution in [0.1, 0.15) is 49.3 Å². The van der Waals surface area contributed by atoms with Crippen LogP contribution in [0.15, 0.2) is 128 Å². The maximum Gasteiger partial charge on any atom is 0.254 e. The number of allylic oxidation sites excluding steroid dienone is 1. The molecule has 1 saturated carbocycles. The van der Waals surface area contributed by atoms with Gasteiger partial charge in [-0.3, -0.25) is 14.4 Å². The molecule has 1 heterocycles. The molecular weight excluding hydrogens is 606 g/mol. The lowest BCUT2D eigenvalue weighted by atomic mass is 9.74. The molecule has 1 aliphatic carbocycles. The zero-order valence-corrected chi connectivity index (χ0v) is 27.6. The Bertz CT molecular complexity index is 2050. The summed E-state index contributed by atoms with van der Waals surface area (Å²) in [6, 6.07) is 37.7. The average molecular weight is 648 g/mol. The van der Waals surface area contributed by atoms with Gasteiger partial charge in [0.1, 0.15) is 6.04 Å². The molecule has 1 unspecified atom stereocenters. The summed E-state index contributed by atoms with van der Waals surface area (Å²) in [7, 11) is 0. The SMILES string of the molecule is C=CC[C@H](C(N)=O)[C@@H](CC1CCC1)C(=O)NC1C(=O)N(Cc2cccc(-c3ccc4ccccc4c3)c2)c2ccccc2-c2ccccc21. The van der Waals surface area contributed by atoms with Gasteiger partial charge in [-0.25, -0.2) is 0 Å². The third-order valence-corrected chi connectivity index (χ3v) is 10.3. The number of carbonyl (C=O) groups excluding carboxylic acids is 3. The Kier molecular flexibility index (Phi) is 9.12. The highest BCUT2D eigenvalue weighted by Gasteiger charge is 2.40. The molecule has 1 aliphatic heterocycles. The van der Waals surface area contributed by atoms with Gasteiger partial charge in [-0.2, -0.15) is 0 Å². The van der Waals surface area contributed by atoms with E-state index in [1.54, 1.807) is 11.0 Å². The van der Waals surface area contributed by atoms with Crippen LogP contribution >= 0.6 is 0 Å². The van der Waals surface area contributed by atoms with E-state index in [0.29, 0.717) is 25.3 Å². The van der Waals surface area contributed by atoms with E-state index >= 15 is 0 Å². The minimum absolute atomic E-state index is 0.233. The van der Waals surface area contributed by atoms with Gasteiger partial charge in [0.15, 0.2) is 0 Å². The van der Waals surface area contributed by atoms with Crippen LogP contribution in [0, 0.1) is 17.8 Å². The van der Waals surface area contributed by atoms with Crippen LogP contribution in [0.5, 0.6) is 0 Å². The van der Waals surface area contributed by atoms with Crippen molar-refractivity contribution in [3.63, 3.8) is 0 Å². The first-order valence-corrected chi connectivity index (χ1v) is 17.2. The number of hydrogen-bond acceptors (Lipinski definition) is 3. The van der Waals surface area contributed by atoms with Crippen molar-refractivity contribution in [1.82, 2.24) is 5.32 Å². The maximum atomic E-state index is 14.9. The van der Waals surface area contributed by atoms with Crippen LogP contribution in [-0.2, 0) is 20.9 Å². The van der Waals surface area contributed by atoms with Crippen molar-refractivity contribution in [3.05, 3.63) is 139 Å². The van der Waals surface area contributed by atoms with Crippen LogP contribution in [0.4, 0.5) is 5.69 Å². The number of hydrogen-bond donors (Lipinski definition) is 2. The van der Waals surface area contributed by atoms with Gasteiger partial charge in [0.2, 0.25) is 11.8 Å². The van der Waals surface area contributed by atoms with Crippen molar-refractivity contribution < 1.29 is 14.4 Å². The van der Waals surface area contributed by atoms with Crippen LogP contribution in [0.25, 0.3) is 33.0 Å². The monoisotopic (exact) mass is 647 g/mol. The second-order valence-electron chi connectivity index (χ2n) is 13.4. The molecule has 3 amide bonds. The summed E-state index contributed by atoms with van der Waals surface area (Å²) in [6.45, 7) is 4.13. The Morgan fingerprint density at radius 1 is 0.816 bits per heavy atom. The average Bonchev–Trinajstić information content (AvgIpc) is 3.20. The number of nitrogens with one attached hydrogen (secondary N) is 1. The number of nitrogens with zero attached hydrogens (tertiary/aromatic N) is 1. The van der Waals surface area contributed by atoms with Crippen molar-refractivity contribution in [2.24, 2.45) is 23.5 Å². The number of nitrogens with two attached hydrogens (primary N) is 1. The van der Waals surface area contributed by atoms with Crippen molar-refractivity contribution in [3.8, 4) is 22.3 Å². The molecule has 0 saturated heterocycles. The minimum atomic E-state index is -0.957. The molecular formula is C43H41N3O3. The summed E-state index contributed by atoms with van der Waals surface area (Å²) in [5.41, 5.74) is 12.3. The number of amides is 3. The van der Waals surface area contributed by atoms with Gasteiger partial charge >= 0.3 is 0 Å². The minimum Gasteiger partial charge on any atom is -0.369 e. The first kappa shape index (κ1) is 32.1. The van der Waals surface area contributed by atoms with Crippen LogP contribution in [0.3, 0.4) is 0 Å². The summed E-state index contributed by atoms with van der Waals surface area (Å²) in [5, 5.41) is 5.50. The van der Waals surface area contributed by atoms with E-state index in [0.717, 1.165) is 58.3 Å². The molecule has 0 bridgehead atoms. The third kappa shape index (κ3) is 6.51. The number of para-hydroxylation sites is 1. The maximum absolute atomic E-state index is 14.9. The summed E-state index contributed by atoms with van der Waals surface area (Å²) in [6.07, 6.45) is 5.67. The standard InChI is InChI=1S/C43H41N3O3/c1-2-11-37(41(44)47)38(25-28-12-9-13-28)42(48)45-40-36-20-6-5-18-34(36)35-19-7-8-21-39(35)46(43(40)49)27-29-14-10-17-31(24-29)33-23-22-30-15-3-4-16-32(30)26-33/h2-8,10,14-24,26,28,37-38,40H,1,9,11-13,25,27H2,(H2,44,47)(H,45,48)/t37-,38+,40?/m0/s1. The van der Waals surface area contributed by atoms with Crippen LogP contribution in [-0.4, -0.2) is 17.7 Å². The smallest absolute Gasteiger partial charge is 0.254 e. The van der Waals surface area contributed by atoms with Crippen LogP contribution < -0.4 is 16.0 Å². The molecule has 246 valence electrons. The number of rotatable bonds is 11. The molecule has 5 aromatic rings. The fraction of sp³-hybridized carbons (Fsp3) is 0.233. The van der Waals surface area contributed by atoms with Crippen molar-refractivity contribution in [2.75, 3.05) is 4.90 Å². The number of carbonyl (C=O) groups is 3. The molecule has 0 radical (unpaired) electrons. The summed E-state index contributed by atoms with van der Waals surface area (Å²) >= 11 is 0. The molecule has 7 rings (SSSR count). The highest BCUT2D eigenvalue weighted by atomic mass is 16.2. The van der Waals surface area contributed by atoms with E-state index in [9.17, 15) is 14.4 Å². The lowest BCUT2D eigenvalue weighted by Gasteiger charge is -2.33. The first-order chi connectivity index (χ1) is 23.9. The highest BCUT2D eigenvalue weighted by molar-refractivity contribution is 6.06. The Hall–Kier alpha value is -5.49. The van der Waals surface area contributed by atoms with Crippen LogP contribution in [0.2, 0.25) is 0 Å². The quantitative estimate of drug-likeness (QED) is 0.141. The van der Waals surface area contributed by atoms with Gasteiger partial charge in [-0.15, -0.1) is 6.58 Å². The molecule has 0 spiro atoms. The summed E-state index contributed by atoms with van der Waals surface area (Å²) in [5.74, 6) is -2.07. The van der Waals surface area contributed by atoms with Gasteiger partial charge in [0.05, 0.1) is 24.1 Å². The number of fused-ring (bicyclic) bond motifs is 4. The fourth-order valence-corrected chi connectivity index (χ4v) is 7.49. The molecule has 3 atom stereocenters. The topological polar surface area (TPSA) is 92.5 Å². The molecule has 6 heteroatoms. The number of benzene rings is 5. The van der Waals surface area contributed by atoms with Gasteiger partial charge in [0, 0.05) is 5.56 Å². The highest BCUT2D eigenvalue weighted by Crippen LogP contribution is 2.42. The number of anilines is 1. The second-order valence-corrected chi connectivity index (χ2v) is 13.4. The van der Waals surface area contributed by atoms with Crippen molar-refractivity contribution in [1.29, 1.82) is 0 Å². The first-order valence-electron chi connectivity index (χ1n) is 17.2. The summed E-state index contributed by atoms with van der Waals surface area (Å²) < 4.78 is 0. The predicted octanol–water partition coefficient (Wildman–Crippen LogP) is 8.36. The molecule has 49 heavy (non-hydrogen) atoms. The number of primary amides is 1. The van der Waals surface area contributed by atoms with E-state index < -0.39 is 23.8 Å². The van der Waals surface area contributed by atoms with Crippen molar-refractivity contribution >= 4 is 34.2 Å². The Morgan fingerprint density at radius 3 is 2.29 bits per heavy atom. The summed E-state index contributed by atoms with van der Waals surface area (Å²) in [4.78, 5) is 43.6. The van der Waals surface area contributed by atoms with Gasteiger partial charge in [0.25, 0.3) is 5.91 Å². The van der Waals surface area contributed by atoms with Gasteiger partial charge in [-0.1, -0.05) is 122 Å². The largest absolute Gasteiger partial charge is 0.369 e. The van der Waals surface area contributed by atoms with Gasteiger partial charge < -0.3 is 16.0 Å². The van der Waals surface area contributed by atoms with E-state index in [2.05, 4.69) is 54.4 Å². The zero-order valence-electron chi connectivity index (χ0n) is 27.6. The van der Waals surface area contributed by atoms with E-state index in [-0.39, 0.29) is 11.8 Å². The van der Waals surface area contributed by atoms with E-state index in [4.69, 9.17) is 5.73 Å². The van der Waals surface area contributed by atoms with E-state index in [1.165, 1.54) is 10.8 Å². The molecule has 1 fully saturated rings. The lowest BCUT2D eigenvalue weighted by Crippen LogP contribution is -2.47. The Labute approximate surface area is 287 Å². The molecule has 5 aromatic carbocycles. The molecule has 6 nitrogen and oxygen atoms in total. The van der Waals surface area contributed by atoms with Gasteiger partial charge in [-0.05, 0) is 75.5 Å². The van der Waals surface area contributed by atoms with Crippen molar-refractivity contribution in [2.45, 2.75) is 44.7 Å². The predicted molar refractivity (Wildman–Crippen MR) is 196 cm³/mol. The molecule has 2 aliphatic rings. The Balaban J connectivity index is 1.25.